The summed E-state index contributed by atoms with van der Waals surface area (Å²) in [6.45, 7) is 2.56. The van der Waals surface area contributed by atoms with E-state index in [-0.39, 0.29) is 19.3 Å². The molecule has 0 radical (unpaired) electrons. The molecule has 5 unspecified atom stereocenters. The third-order valence-corrected chi connectivity index (χ3v) is 18.9. The number of hydrogen-bond acceptors (Lipinski definition) is 14. The number of carbonyl (C=O) groups excluding carboxylic acids is 3. The first-order valence-electron chi connectivity index (χ1n) is 40.2. The van der Waals surface area contributed by atoms with Crippen LogP contribution in [0.25, 0.3) is 0 Å². The summed E-state index contributed by atoms with van der Waals surface area (Å²) in [6, 6.07) is 0. The van der Waals surface area contributed by atoms with Crippen LogP contribution in [0, 0.1) is 0 Å². The molecule has 0 aromatic heterocycles. The highest BCUT2D eigenvalue weighted by Gasteiger charge is 2.29. The monoisotopic (exact) mass is 1460 g/mol. The van der Waals surface area contributed by atoms with Crippen molar-refractivity contribution in [2.24, 2.45) is 0 Å². The number of esters is 3. The molecule has 0 fully saturated rings. The predicted molar refractivity (Wildman–Crippen MR) is 417 cm³/mol. The van der Waals surface area contributed by atoms with Gasteiger partial charge in [0.05, 0.1) is 26.4 Å². The molecule has 0 bridgehead atoms. The van der Waals surface area contributed by atoms with E-state index in [2.05, 4.69) is 130 Å². The number of phosphoric ester groups is 2. The highest BCUT2D eigenvalue weighted by Crippen LogP contribution is 2.45. The van der Waals surface area contributed by atoms with Gasteiger partial charge in [-0.1, -0.05) is 323 Å². The van der Waals surface area contributed by atoms with E-state index in [1.807, 2.05) is 0 Å². The number of phosphoric acid groups is 2. The Hall–Kier alpha value is -3.79. The lowest BCUT2D eigenvalue weighted by Crippen LogP contribution is -2.30. The summed E-state index contributed by atoms with van der Waals surface area (Å²) >= 11 is 0. The molecule has 0 rings (SSSR count). The van der Waals surface area contributed by atoms with Crippen LogP contribution in [0.4, 0.5) is 0 Å². The maximum absolute atomic E-state index is 13.0. The van der Waals surface area contributed by atoms with Crippen LogP contribution >= 0.6 is 15.6 Å². The van der Waals surface area contributed by atoms with Gasteiger partial charge in [-0.3, -0.25) is 32.5 Å². The van der Waals surface area contributed by atoms with E-state index in [1.165, 1.54) is 148 Å². The number of aliphatic hydroxyl groups excluding tert-OH is 2. The van der Waals surface area contributed by atoms with Gasteiger partial charge in [-0.2, -0.15) is 0 Å². The Balaban J connectivity index is 4.53. The Morgan fingerprint density at radius 2 is 0.525 bits per heavy atom. The summed E-state index contributed by atoms with van der Waals surface area (Å²) in [7, 11) is -9.79. The van der Waals surface area contributed by atoms with Gasteiger partial charge in [-0.05, 0) is 109 Å². The Morgan fingerprint density at radius 1 is 0.287 bits per heavy atom. The van der Waals surface area contributed by atoms with Crippen LogP contribution in [0.15, 0.2) is 109 Å². The molecule has 4 N–H and O–H groups in total. The van der Waals surface area contributed by atoms with E-state index in [0.29, 0.717) is 19.3 Å². The molecule has 18 heteroatoms. The van der Waals surface area contributed by atoms with Crippen LogP contribution in [0.1, 0.15) is 342 Å². The molecule has 584 valence electrons. The zero-order valence-electron chi connectivity index (χ0n) is 63.8. The molecule has 0 aliphatic rings. The maximum atomic E-state index is 13.0. The Bertz CT molecular complexity index is 2270. The third kappa shape index (κ3) is 77.1. The number of rotatable bonds is 76. The molecule has 0 aliphatic heterocycles. The van der Waals surface area contributed by atoms with Crippen molar-refractivity contribution in [3.63, 3.8) is 0 Å². The molecule has 0 saturated carbocycles. The van der Waals surface area contributed by atoms with Gasteiger partial charge in [-0.15, -0.1) is 0 Å². The smallest absolute Gasteiger partial charge is 0.463 e. The molecule has 0 amide bonds. The first-order chi connectivity index (χ1) is 49.2. The van der Waals surface area contributed by atoms with Crippen molar-refractivity contribution in [3.05, 3.63) is 109 Å². The Kier molecular flexibility index (Phi) is 73.0. The van der Waals surface area contributed by atoms with Gasteiger partial charge >= 0.3 is 33.6 Å². The molecule has 0 aromatic carbocycles. The number of allylic oxidation sites excluding steroid dienone is 18. The minimum absolute atomic E-state index is 0.103. The van der Waals surface area contributed by atoms with Crippen molar-refractivity contribution >= 4 is 33.6 Å². The van der Waals surface area contributed by atoms with E-state index < -0.39 is 91.5 Å². The van der Waals surface area contributed by atoms with Crippen molar-refractivity contribution in [1.29, 1.82) is 0 Å². The minimum Gasteiger partial charge on any atom is -0.463 e. The summed E-state index contributed by atoms with van der Waals surface area (Å²) in [6.07, 6.45) is 88.4. The Morgan fingerprint density at radius 3 is 0.851 bits per heavy atom. The van der Waals surface area contributed by atoms with Gasteiger partial charge in [0.15, 0.2) is 6.10 Å². The van der Waals surface area contributed by atoms with Gasteiger partial charge in [0, 0.05) is 19.3 Å². The van der Waals surface area contributed by atoms with Gasteiger partial charge in [-0.25, -0.2) is 9.13 Å². The summed E-state index contributed by atoms with van der Waals surface area (Å²) in [5, 5.41) is 20.6. The topological polar surface area (TPSA) is 231 Å². The van der Waals surface area contributed by atoms with Gasteiger partial charge in [0.25, 0.3) is 0 Å². The maximum Gasteiger partial charge on any atom is 0.472 e. The third-order valence-electron chi connectivity index (χ3n) is 17.0. The van der Waals surface area contributed by atoms with Gasteiger partial charge < -0.3 is 34.2 Å². The van der Waals surface area contributed by atoms with Crippen molar-refractivity contribution in [1.82, 2.24) is 0 Å². The van der Waals surface area contributed by atoms with Crippen molar-refractivity contribution < 1.29 is 75.8 Å². The second kappa shape index (κ2) is 75.9. The number of hydrogen-bond donors (Lipinski definition) is 4. The van der Waals surface area contributed by atoms with E-state index in [4.69, 9.17) is 32.3 Å². The largest absolute Gasteiger partial charge is 0.472 e. The predicted octanol–water partition coefficient (Wildman–Crippen LogP) is 23.5. The van der Waals surface area contributed by atoms with Crippen molar-refractivity contribution in [2.75, 3.05) is 39.6 Å². The molecule has 101 heavy (non-hydrogen) atoms. The molecule has 16 nitrogen and oxygen atoms in total. The summed E-state index contributed by atoms with van der Waals surface area (Å²) in [5.41, 5.74) is 0. The average Bonchev–Trinajstić information content (AvgIpc) is 1.14. The zero-order chi connectivity index (χ0) is 73.7. The molecule has 0 spiro atoms. The van der Waals surface area contributed by atoms with Crippen LogP contribution in [0.2, 0.25) is 0 Å². The summed E-state index contributed by atoms with van der Waals surface area (Å²) in [4.78, 5) is 58.7. The summed E-state index contributed by atoms with van der Waals surface area (Å²) < 4.78 is 61.2. The fourth-order valence-corrected chi connectivity index (χ4v) is 12.5. The highest BCUT2D eigenvalue weighted by atomic mass is 31.2. The van der Waals surface area contributed by atoms with E-state index in [9.17, 15) is 43.5 Å². The Labute approximate surface area is 615 Å². The molecular weight excluding hydrogens is 1310 g/mol. The lowest BCUT2D eigenvalue weighted by atomic mass is 10.0. The molecule has 0 saturated heterocycles. The van der Waals surface area contributed by atoms with Crippen LogP contribution < -0.4 is 0 Å². The normalized spacial score (nSPS) is 14.6. The minimum atomic E-state index is -4.93. The number of carbonyl (C=O) groups is 3. The quantitative estimate of drug-likeness (QED) is 0.0146. The molecule has 0 aromatic rings. The fourth-order valence-electron chi connectivity index (χ4n) is 10.9. The fraction of sp³-hybridized carbons (Fsp3) is 0.747. The highest BCUT2D eigenvalue weighted by molar-refractivity contribution is 7.47. The molecule has 0 heterocycles. The van der Waals surface area contributed by atoms with Gasteiger partial charge in [0.1, 0.15) is 25.4 Å². The summed E-state index contributed by atoms with van der Waals surface area (Å²) in [5.74, 6) is -1.58. The van der Waals surface area contributed by atoms with Crippen LogP contribution in [0.5, 0.6) is 0 Å². The first-order valence-corrected chi connectivity index (χ1v) is 43.2. The second-order valence-corrected chi connectivity index (χ2v) is 29.8. The van der Waals surface area contributed by atoms with Crippen LogP contribution in [-0.4, -0.2) is 95.9 Å². The molecule has 5 atom stereocenters. The van der Waals surface area contributed by atoms with E-state index >= 15 is 0 Å². The molecular formula is C83H146O16P2. The van der Waals surface area contributed by atoms with Crippen molar-refractivity contribution in [2.45, 2.75) is 360 Å². The average molecular weight is 1460 g/mol. The van der Waals surface area contributed by atoms with E-state index in [1.54, 1.807) is 0 Å². The SMILES string of the molecule is CC/C=C\C/C=C\C/C=C\C/C=C\C/C=C\CCCCCCCCCCCCCCCC(=O)OCC(O)COP(=O)(O)OCC(O)COP(=O)(O)OCC(COC(=O)CCCCCCC/C=C\C/C=C\C/C=C\C/C=C\CCCCC)OC(=O)CCCCCCCCCCCCCCCCC. The van der Waals surface area contributed by atoms with Crippen LogP contribution in [0.3, 0.4) is 0 Å². The second-order valence-electron chi connectivity index (χ2n) is 26.8. The number of ether oxygens (including phenoxy) is 3. The van der Waals surface area contributed by atoms with Crippen LogP contribution in [-0.2, 0) is 55.8 Å². The van der Waals surface area contributed by atoms with Crippen molar-refractivity contribution in [3.8, 4) is 0 Å². The lowest BCUT2D eigenvalue weighted by Gasteiger charge is -2.21. The molecule has 0 aliphatic carbocycles. The number of aliphatic hydroxyl groups is 2. The number of unbranched alkanes of at least 4 members (excludes halogenated alkanes) is 35. The standard InChI is InChI=1S/C83H146O16P2/c1-4-7-10-13-16-19-22-25-28-30-32-34-35-36-37-38-39-40-41-43-45-46-49-51-54-57-60-63-66-69-81(86)93-72-78(84)73-95-100(89,90)96-74-79(85)75-97-101(91,92)98-77-80(99-83(88)71-68-65-62-59-56-53-48-27-24-21-18-15-12-9-6-3)76-94-82(87)70-67-64-61-58-55-52-50-47-44-42-33-31-29-26-23-20-17-14-11-8-5-2/h7,10,16-17,19-20,25-26,28-29,32-34,36-37,42,47,50,78-80,84-85H,4-6,8-9,11-15,18,21-24,27,30-31,35,38-41,43-46,48-49,51-77H2,1-3H3,(H,89,90)(H,91,92)/b10-7-,19-16-,20-17-,28-25-,29-26-,34-32-,37-36-,42-33-,50-47-. The lowest BCUT2D eigenvalue weighted by molar-refractivity contribution is -0.161. The van der Waals surface area contributed by atoms with E-state index in [0.717, 1.165) is 135 Å². The first kappa shape index (κ1) is 97.2. The van der Waals surface area contributed by atoms with Gasteiger partial charge in [0.2, 0.25) is 0 Å². The zero-order valence-corrected chi connectivity index (χ0v) is 65.6.